The molecule has 1 aliphatic carbocycles. The number of carbonyl (C=O) groups is 2. The summed E-state index contributed by atoms with van der Waals surface area (Å²) in [6, 6.07) is 11.0. The second-order valence-electron chi connectivity index (χ2n) is 8.19. The summed E-state index contributed by atoms with van der Waals surface area (Å²) in [5.41, 5.74) is 0.671. The predicted octanol–water partition coefficient (Wildman–Crippen LogP) is 4.22. The van der Waals surface area contributed by atoms with Gasteiger partial charge >= 0.3 is 5.69 Å². The monoisotopic (exact) mass is 533 g/mol. The highest BCUT2D eigenvalue weighted by molar-refractivity contribution is 9.10. The molecule has 1 atom stereocenters. The maximum Gasteiger partial charge on any atom is 0.311 e. The lowest BCUT2D eigenvalue weighted by atomic mass is 10.1. The van der Waals surface area contributed by atoms with Gasteiger partial charge in [-0.1, -0.05) is 40.9 Å². The number of nitrogens with zero attached hydrogens (tertiary/aromatic N) is 2. The Balaban J connectivity index is 1.73. The Bertz CT molecular complexity index is 1020. The molecule has 182 valence electrons. The fourth-order valence-electron chi connectivity index (χ4n) is 3.89. The highest BCUT2D eigenvalue weighted by Crippen LogP contribution is 2.30. The van der Waals surface area contributed by atoms with E-state index in [2.05, 4.69) is 21.2 Å². The molecule has 0 unspecified atom stereocenters. The molecule has 3 rings (SSSR count). The Morgan fingerprint density at radius 2 is 1.88 bits per heavy atom. The van der Waals surface area contributed by atoms with E-state index in [1.165, 1.54) is 30.2 Å². The van der Waals surface area contributed by atoms with Crippen LogP contribution < -0.4 is 14.8 Å². The first-order valence-electron chi connectivity index (χ1n) is 11.1. The molecular formula is C24H28BrN3O6. The van der Waals surface area contributed by atoms with Crippen molar-refractivity contribution in [1.82, 2.24) is 10.2 Å². The van der Waals surface area contributed by atoms with Crippen LogP contribution in [0.2, 0.25) is 0 Å². The van der Waals surface area contributed by atoms with Crippen molar-refractivity contribution < 1.29 is 24.0 Å². The zero-order valence-electron chi connectivity index (χ0n) is 19.2. The molecule has 1 aliphatic rings. The molecule has 2 aromatic rings. The molecule has 0 spiro atoms. The highest BCUT2D eigenvalue weighted by atomic mass is 79.9. The number of nitro groups is 1. The summed E-state index contributed by atoms with van der Waals surface area (Å²) >= 11 is 3.40. The van der Waals surface area contributed by atoms with Crippen molar-refractivity contribution in [2.75, 3.05) is 13.7 Å². The van der Waals surface area contributed by atoms with Gasteiger partial charge in [0.25, 0.3) is 5.91 Å². The lowest BCUT2D eigenvalue weighted by Gasteiger charge is -2.29. The van der Waals surface area contributed by atoms with Crippen LogP contribution in [-0.4, -0.2) is 47.4 Å². The molecule has 1 fully saturated rings. The van der Waals surface area contributed by atoms with E-state index in [9.17, 15) is 19.7 Å². The summed E-state index contributed by atoms with van der Waals surface area (Å²) in [7, 11) is 1.32. The van der Waals surface area contributed by atoms with Crippen molar-refractivity contribution in [3.05, 3.63) is 62.6 Å². The van der Waals surface area contributed by atoms with Gasteiger partial charge in [0.2, 0.25) is 11.7 Å². The third kappa shape index (κ3) is 6.69. The zero-order valence-corrected chi connectivity index (χ0v) is 20.7. The molecule has 0 heterocycles. The lowest BCUT2D eigenvalue weighted by Crippen LogP contribution is -2.50. The van der Waals surface area contributed by atoms with E-state index in [4.69, 9.17) is 9.47 Å². The molecule has 34 heavy (non-hydrogen) atoms. The van der Waals surface area contributed by atoms with Crippen LogP contribution >= 0.6 is 15.9 Å². The SMILES string of the molecule is COc1cc(OCC(=O)N(Cc2ccc(Br)cc2)[C@@H](C)C(=O)NC2CCCC2)ccc1[N+](=O)[O-]. The van der Waals surface area contributed by atoms with Gasteiger partial charge in [-0.05, 0) is 43.5 Å². The van der Waals surface area contributed by atoms with Crippen LogP contribution in [-0.2, 0) is 16.1 Å². The Hall–Kier alpha value is -3.14. The number of nitro benzene ring substituents is 1. The van der Waals surface area contributed by atoms with Gasteiger partial charge in [-0.2, -0.15) is 0 Å². The summed E-state index contributed by atoms with van der Waals surface area (Å²) in [5, 5.41) is 14.1. The van der Waals surface area contributed by atoms with Crippen LogP contribution in [0.15, 0.2) is 46.9 Å². The molecule has 9 nitrogen and oxygen atoms in total. The van der Waals surface area contributed by atoms with E-state index in [1.807, 2.05) is 24.3 Å². The first-order chi connectivity index (χ1) is 16.3. The molecule has 0 saturated heterocycles. The Kier molecular flexibility index (Phi) is 8.86. The van der Waals surface area contributed by atoms with Gasteiger partial charge in [0.05, 0.1) is 12.0 Å². The number of methoxy groups -OCH3 is 1. The van der Waals surface area contributed by atoms with Crippen LogP contribution in [0, 0.1) is 10.1 Å². The zero-order chi connectivity index (χ0) is 24.7. The van der Waals surface area contributed by atoms with Gasteiger partial charge in [-0.15, -0.1) is 0 Å². The molecule has 0 aliphatic heterocycles. The Morgan fingerprint density at radius 3 is 2.50 bits per heavy atom. The number of hydrogen-bond donors (Lipinski definition) is 1. The number of nitrogens with one attached hydrogen (secondary N) is 1. The average molecular weight is 534 g/mol. The molecule has 2 aromatic carbocycles. The fraction of sp³-hybridized carbons (Fsp3) is 0.417. The largest absolute Gasteiger partial charge is 0.490 e. The molecule has 2 amide bonds. The van der Waals surface area contributed by atoms with Gasteiger partial charge in [-0.3, -0.25) is 19.7 Å². The van der Waals surface area contributed by atoms with Crippen molar-refractivity contribution in [3.63, 3.8) is 0 Å². The number of benzene rings is 2. The molecule has 1 N–H and O–H groups in total. The van der Waals surface area contributed by atoms with Crippen molar-refractivity contribution in [2.24, 2.45) is 0 Å². The number of halogens is 1. The lowest BCUT2D eigenvalue weighted by molar-refractivity contribution is -0.385. The number of carbonyl (C=O) groups excluding carboxylic acids is 2. The van der Waals surface area contributed by atoms with Crippen LogP contribution in [0.4, 0.5) is 5.69 Å². The third-order valence-corrected chi connectivity index (χ3v) is 6.37. The van der Waals surface area contributed by atoms with E-state index >= 15 is 0 Å². The summed E-state index contributed by atoms with van der Waals surface area (Å²) in [5.74, 6) is -0.294. The molecule has 10 heteroatoms. The maximum atomic E-state index is 13.2. The first kappa shape index (κ1) is 25.5. The average Bonchev–Trinajstić information content (AvgIpc) is 3.34. The summed E-state index contributed by atoms with van der Waals surface area (Å²) < 4.78 is 11.6. The van der Waals surface area contributed by atoms with Crippen molar-refractivity contribution in [1.29, 1.82) is 0 Å². The molecular weight excluding hydrogens is 506 g/mol. The standard InChI is InChI=1S/C24H28BrN3O6/c1-16(24(30)26-19-5-3-4-6-19)27(14-17-7-9-18(25)10-8-17)23(29)15-34-20-11-12-21(28(31)32)22(13-20)33-2/h7-13,16,19H,3-6,14-15H2,1-2H3,(H,26,30)/t16-/m0/s1. The van der Waals surface area contributed by atoms with Crippen LogP contribution in [0.1, 0.15) is 38.2 Å². The van der Waals surface area contributed by atoms with Crippen molar-refractivity contribution in [2.45, 2.75) is 51.2 Å². The van der Waals surface area contributed by atoms with Crippen molar-refractivity contribution >= 4 is 33.4 Å². The predicted molar refractivity (Wildman–Crippen MR) is 130 cm³/mol. The minimum atomic E-state index is -0.702. The second-order valence-corrected chi connectivity index (χ2v) is 9.11. The summed E-state index contributed by atoms with van der Waals surface area (Å²) in [4.78, 5) is 38.1. The number of ether oxygens (including phenoxy) is 2. The van der Waals surface area contributed by atoms with Gasteiger partial charge in [0, 0.05) is 29.2 Å². The van der Waals surface area contributed by atoms with E-state index in [0.717, 1.165) is 35.7 Å². The van der Waals surface area contributed by atoms with Crippen LogP contribution in [0.25, 0.3) is 0 Å². The Morgan fingerprint density at radius 1 is 1.21 bits per heavy atom. The van der Waals surface area contributed by atoms with E-state index in [-0.39, 0.29) is 48.2 Å². The fourth-order valence-corrected chi connectivity index (χ4v) is 4.15. The van der Waals surface area contributed by atoms with Crippen LogP contribution in [0.3, 0.4) is 0 Å². The van der Waals surface area contributed by atoms with Gasteiger partial charge in [0.15, 0.2) is 6.61 Å². The van der Waals surface area contributed by atoms with Gasteiger partial charge in [0.1, 0.15) is 11.8 Å². The summed E-state index contributed by atoms with van der Waals surface area (Å²) in [6.45, 7) is 1.60. The number of rotatable bonds is 10. The van der Waals surface area contributed by atoms with Gasteiger partial charge < -0.3 is 19.7 Å². The topological polar surface area (TPSA) is 111 Å². The number of hydrogen-bond acceptors (Lipinski definition) is 6. The molecule has 0 bridgehead atoms. The minimum Gasteiger partial charge on any atom is -0.490 e. The quantitative estimate of drug-likeness (QED) is 0.361. The molecule has 0 aromatic heterocycles. The van der Waals surface area contributed by atoms with Crippen LogP contribution in [0.5, 0.6) is 11.5 Å². The second kappa shape index (κ2) is 11.8. The van der Waals surface area contributed by atoms with Gasteiger partial charge in [-0.25, -0.2) is 0 Å². The normalized spacial score (nSPS) is 14.3. The maximum absolute atomic E-state index is 13.2. The molecule has 0 radical (unpaired) electrons. The molecule has 1 saturated carbocycles. The smallest absolute Gasteiger partial charge is 0.311 e. The minimum absolute atomic E-state index is 0.0333. The summed E-state index contributed by atoms with van der Waals surface area (Å²) in [6.07, 6.45) is 4.08. The third-order valence-electron chi connectivity index (χ3n) is 5.85. The first-order valence-corrected chi connectivity index (χ1v) is 11.9. The Labute approximate surface area is 206 Å². The van der Waals surface area contributed by atoms with E-state index < -0.39 is 11.0 Å². The number of amides is 2. The van der Waals surface area contributed by atoms with E-state index in [0.29, 0.717) is 0 Å². The van der Waals surface area contributed by atoms with Crippen molar-refractivity contribution in [3.8, 4) is 11.5 Å². The van der Waals surface area contributed by atoms with E-state index in [1.54, 1.807) is 6.92 Å². The highest BCUT2D eigenvalue weighted by Gasteiger charge is 2.29.